The molecule has 0 aliphatic rings. The van der Waals surface area contributed by atoms with E-state index in [0.717, 1.165) is 16.9 Å². The van der Waals surface area contributed by atoms with E-state index < -0.39 is 0 Å². The zero-order chi connectivity index (χ0) is 10.8. The molecular formula is C12H12ClNO. The molecule has 2 aromatic rings. The van der Waals surface area contributed by atoms with Crippen LogP contribution < -0.4 is 0 Å². The Labute approximate surface area is 93.9 Å². The van der Waals surface area contributed by atoms with E-state index in [1.807, 2.05) is 6.07 Å². The number of alkyl halides is 1. The lowest BCUT2D eigenvalue weighted by Gasteiger charge is -2.03. The summed E-state index contributed by atoms with van der Waals surface area (Å²) in [6.07, 6.45) is 1.66. The van der Waals surface area contributed by atoms with Crippen molar-refractivity contribution in [1.82, 2.24) is 5.16 Å². The van der Waals surface area contributed by atoms with E-state index in [1.54, 1.807) is 6.20 Å². The normalized spacial score (nSPS) is 10.6. The Hall–Kier alpha value is -1.28. The Morgan fingerprint density at radius 2 is 2.07 bits per heavy atom. The minimum absolute atomic E-state index is 0.422. The second-order valence-corrected chi connectivity index (χ2v) is 3.88. The second-order valence-electron chi connectivity index (χ2n) is 3.61. The van der Waals surface area contributed by atoms with E-state index in [9.17, 15) is 0 Å². The van der Waals surface area contributed by atoms with Gasteiger partial charge in [-0.25, -0.2) is 0 Å². The fourth-order valence-electron chi connectivity index (χ4n) is 1.48. The molecule has 1 aromatic heterocycles. The van der Waals surface area contributed by atoms with Crippen LogP contribution in [0.3, 0.4) is 0 Å². The Morgan fingerprint density at radius 3 is 2.73 bits per heavy atom. The van der Waals surface area contributed by atoms with Crippen molar-refractivity contribution in [3.8, 4) is 11.3 Å². The standard InChI is InChI=1S/C12H12ClNO/c1-8-3-4-10(5-9(8)2)12-11(6-13)7-14-15-12/h3-5,7H,6H2,1-2H3. The van der Waals surface area contributed by atoms with Crippen LogP contribution in [0.15, 0.2) is 28.9 Å². The quantitative estimate of drug-likeness (QED) is 0.723. The Kier molecular flexibility index (Phi) is 2.78. The lowest BCUT2D eigenvalue weighted by Crippen LogP contribution is -1.84. The molecule has 0 spiro atoms. The molecule has 0 N–H and O–H groups in total. The second kappa shape index (κ2) is 4.07. The molecule has 0 bridgehead atoms. The van der Waals surface area contributed by atoms with Gasteiger partial charge >= 0.3 is 0 Å². The molecule has 0 fully saturated rings. The predicted molar refractivity (Wildman–Crippen MR) is 61.0 cm³/mol. The molecule has 0 aliphatic heterocycles. The fraction of sp³-hybridized carbons (Fsp3) is 0.250. The van der Waals surface area contributed by atoms with E-state index in [0.29, 0.717) is 5.88 Å². The predicted octanol–water partition coefficient (Wildman–Crippen LogP) is 3.70. The highest BCUT2D eigenvalue weighted by molar-refractivity contribution is 6.17. The molecule has 78 valence electrons. The van der Waals surface area contributed by atoms with Gasteiger partial charge in [0.15, 0.2) is 5.76 Å². The van der Waals surface area contributed by atoms with Gasteiger partial charge in [0, 0.05) is 11.1 Å². The zero-order valence-electron chi connectivity index (χ0n) is 8.75. The number of hydrogen-bond donors (Lipinski definition) is 0. The van der Waals surface area contributed by atoms with E-state index >= 15 is 0 Å². The van der Waals surface area contributed by atoms with E-state index in [1.165, 1.54) is 11.1 Å². The summed E-state index contributed by atoms with van der Waals surface area (Å²) < 4.78 is 5.20. The van der Waals surface area contributed by atoms with Crippen LogP contribution in [0.1, 0.15) is 16.7 Å². The van der Waals surface area contributed by atoms with Crippen molar-refractivity contribution < 1.29 is 4.52 Å². The Bertz CT molecular complexity index is 476. The van der Waals surface area contributed by atoms with Crippen molar-refractivity contribution >= 4 is 11.6 Å². The minimum atomic E-state index is 0.422. The first-order chi connectivity index (χ1) is 7.22. The molecule has 1 aromatic carbocycles. The lowest BCUT2D eigenvalue weighted by molar-refractivity contribution is 0.432. The van der Waals surface area contributed by atoms with Gasteiger partial charge in [-0.05, 0) is 31.0 Å². The van der Waals surface area contributed by atoms with Crippen LogP contribution in [0.4, 0.5) is 0 Å². The summed E-state index contributed by atoms with van der Waals surface area (Å²) in [6, 6.07) is 6.19. The molecular weight excluding hydrogens is 210 g/mol. The Balaban J connectivity index is 2.50. The van der Waals surface area contributed by atoms with Crippen LogP contribution in [0.5, 0.6) is 0 Å². The van der Waals surface area contributed by atoms with Gasteiger partial charge < -0.3 is 4.52 Å². The van der Waals surface area contributed by atoms with Crippen LogP contribution in [0, 0.1) is 13.8 Å². The molecule has 0 atom stereocenters. The van der Waals surface area contributed by atoms with Crippen molar-refractivity contribution in [3.05, 3.63) is 41.1 Å². The summed E-state index contributed by atoms with van der Waals surface area (Å²) in [5, 5.41) is 3.76. The molecule has 2 nitrogen and oxygen atoms in total. The lowest BCUT2D eigenvalue weighted by atomic mass is 10.0. The molecule has 0 saturated carbocycles. The molecule has 0 aliphatic carbocycles. The molecule has 3 heteroatoms. The van der Waals surface area contributed by atoms with Gasteiger partial charge in [-0.1, -0.05) is 17.3 Å². The first kappa shape index (κ1) is 10.2. The van der Waals surface area contributed by atoms with E-state index in [-0.39, 0.29) is 0 Å². The molecule has 0 saturated heterocycles. The first-order valence-corrected chi connectivity index (χ1v) is 5.33. The van der Waals surface area contributed by atoms with Crippen molar-refractivity contribution in [1.29, 1.82) is 0 Å². The molecule has 1 heterocycles. The summed E-state index contributed by atoms with van der Waals surface area (Å²) in [6.45, 7) is 4.16. The number of benzene rings is 1. The van der Waals surface area contributed by atoms with Gasteiger partial charge in [0.25, 0.3) is 0 Å². The summed E-state index contributed by atoms with van der Waals surface area (Å²) in [5.41, 5.74) is 4.47. The average Bonchev–Trinajstić information content (AvgIpc) is 2.70. The van der Waals surface area contributed by atoms with Crippen molar-refractivity contribution in [2.24, 2.45) is 0 Å². The van der Waals surface area contributed by atoms with Crippen LogP contribution in [0.2, 0.25) is 0 Å². The monoisotopic (exact) mass is 221 g/mol. The number of aromatic nitrogens is 1. The molecule has 0 radical (unpaired) electrons. The smallest absolute Gasteiger partial charge is 0.171 e. The highest BCUT2D eigenvalue weighted by atomic mass is 35.5. The van der Waals surface area contributed by atoms with Gasteiger partial charge in [-0.3, -0.25) is 0 Å². The molecule has 0 amide bonds. The maximum Gasteiger partial charge on any atom is 0.171 e. The summed E-state index contributed by atoms with van der Waals surface area (Å²) in [7, 11) is 0. The number of aryl methyl sites for hydroxylation is 2. The van der Waals surface area contributed by atoms with Crippen LogP contribution >= 0.6 is 11.6 Å². The summed E-state index contributed by atoms with van der Waals surface area (Å²) in [4.78, 5) is 0. The van der Waals surface area contributed by atoms with Gasteiger partial charge in [-0.15, -0.1) is 11.6 Å². The van der Waals surface area contributed by atoms with Gasteiger partial charge in [0.2, 0.25) is 0 Å². The first-order valence-electron chi connectivity index (χ1n) is 4.79. The van der Waals surface area contributed by atoms with Gasteiger partial charge in [0.1, 0.15) is 0 Å². The van der Waals surface area contributed by atoms with E-state index in [2.05, 4.69) is 31.1 Å². The summed E-state index contributed by atoms with van der Waals surface area (Å²) in [5.74, 6) is 1.19. The van der Waals surface area contributed by atoms with Gasteiger partial charge in [0.05, 0.1) is 12.1 Å². The maximum atomic E-state index is 5.79. The summed E-state index contributed by atoms with van der Waals surface area (Å²) >= 11 is 5.79. The largest absolute Gasteiger partial charge is 0.356 e. The number of hydrogen-bond acceptors (Lipinski definition) is 2. The van der Waals surface area contributed by atoms with Crippen molar-refractivity contribution in [3.63, 3.8) is 0 Å². The van der Waals surface area contributed by atoms with Crippen molar-refractivity contribution in [2.75, 3.05) is 0 Å². The van der Waals surface area contributed by atoms with Crippen molar-refractivity contribution in [2.45, 2.75) is 19.7 Å². The van der Waals surface area contributed by atoms with Gasteiger partial charge in [-0.2, -0.15) is 0 Å². The molecule has 2 rings (SSSR count). The SMILES string of the molecule is Cc1ccc(-c2oncc2CCl)cc1C. The zero-order valence-corrected chi connectivity index (χ0v) is 9.51. The number of nitrogens with zero attached hydrogens (tertiary/aromatic N) is 1. The van der Waals surface area contributed by atoms with E-state index in [4.69, 9.17) is 16.1 Å². The third-order valence-corrected chi connectivity index (χ3v) is 2.85. The molecule has 0 unspecified atom stereocenters. The highest BCUT2D eigenvalue weighted by Crippen LogP contribution is 2.26. The van der Waals surface area contributed by atoms with Crippen LogP contribution in [-0.2, 0) is 5.88 Å². The highest BCUT2D eigenvalue weighted by Gasteiger charge is 2.10. The number of halogens is 1. The third kappa shape index (κ3) is 1.90. The average molecular weight is 222 g/mol. The topological polar surface area (TPSA) is 26.0 Å². The van der Waals surface area contributed by atoms with Crippen LogP contribution in [-0.4, -0.2) is 5.16 Å². The molecule has 15 heavy (non-hydrogen) atoms. The fourth-order valence-corrected chi connectivity index (χ4v) is 1.67. The third-order valence-electron chi connectivity index (χ3n) is 2.56. The Morgan fingerprint density at radius 1 is 1.27 bits per heavy atom. The van der Waals surface area contributed by atoms with Crippen LogP contribution in [0.25, 0.3) is 11.3 Å². The minimum Gasteiger partial charge on any atom is -0.356 e. The number of rotatable bonds is 2. The maximum absolute atomic E-state index is 5.79.